The lowest BCUT2D eigenvalue weighted by Gasteiger charge is -2.05. The second kappa shape index (κ2) is 31.0. The van der Waals surface area contributed by atoms with Crippen LogP contribution in [0.2, 0.25) is 0 Å². The van der Waals surface area contributed by atoms with Gasteiger partial charge in [-0.05, 0) is 12.8 Å². The zero-order valence-corrected chi connectivity index (χ0v) is 22.3. The first-order valence-electron chi connectivity index (χ1n) is 15.1. The molecule has 2 radical (unpaired) electrons. The predicted octanol–water partition coefficient (Wildman–Crippen LogP) is 11.2. The van der Waals surface area contributed by atoms with E-state index >= 15 is 0 Å². The Kier molecular flexibility index (Phi) is 30.9. The van der Waals surface area contributed by atoms with Crippen LogP contribution in [0.25, 0.3) is 0 Å². The van der Waals surface area contributed by atoms with Crippen molar-refractivity contribution in [3.8, 4) is 0 Å². The molecule has 0 spiro atoms. The van der Waals surface area contributed by atoms with Gasteiger partial charge < -0.3 is 4.74 Å². The largest absolute Gasteiger partial charge is 0.381 e. The monoisotopic (exact) mass is 450 g/mol. The molecule has 0 fully saturated rings. The van der Waals surface area contributed by atoms with E-state index in [1.165, 1.54) is 161 Å². The molecule has 0 aliphatic heterocycles. The van der Waals surface area contributed by atoms with Crippen LogP contribution in [0, 0.1) is 13.8 Å². The second-order valence-electron chi connectivity index (χ2n) is 10.2. The summed E-state index contributed by atoms with van der Waals surface area (Å²) in [5.74, 6) is 0. The molecule has 1 nitrogen and oxygen atoms in total. The third-order valence-corrected chi connectivity index (χ3v) is 6.83. The molecular formula is C31H62O. The van der Waals surface area contributed by atoms with Crippen molar-refractivity contribution in [2.24, 2.45) is 0 Å². The van der Waals surface area contributed by atoms with Gasteiger partial charge in [0, 0.05) is 13.2 Å². The SMILES string of the molecule is [CH2]CCCCCCCCCCCCCCCCOCCCCCCCCCCCCC[CH2]. The quantitative estimate of drug-likeness (QED) is 0.103. The summed E-state index contributed by atoms with van der Waals surface area (Å²) in [7, 11) is 0. The summed E-state index contributed by atoms with van der Waals surface area (Å²) in [6.45, 7) is 9.80. The molecule has 0 aliphatic carbocycles. The van der Waals surface area contributed by atoms with Crippen LogP contribution in [-0.2, 0) is 4.74 Å². The summed E-state index contributed by atoms with van der Waals surface area (Å²) < 4.78 is 5.83. The molecule has 0 saturated heterocycles. The van der Waals surface area contributed by atoms with Gasteiger partial charge in [0.25, 0.3) is 0 Å². The molecule has 0 aromatic heterocycles. The van der Waals surface area contributed by atoms with Gasteiger partial charge in [-0.15, -0.1) is 0 Å². The van der Waals surface area contributed by atoms with Crippen LogP contribution < -0.4 is 0 Å². The van der Waals surface area contributed by atoms with Crippen LogP contribution in [0.1, 0.15) is 173 Å². The van der Waals surface area contributed by atoms with E-state index in [-0.39, 0.29) is 0 Å². The minimum atomic E-state index is 0.988. The molecule has 0 aliphatic rings. The van der Waals surface area contributed by atoms with Crippen molar-refractivity contribution in [3.63, 3.8) is 0 Å². The molecular weight excluding hydrogens is 388 g/mol. The van der Waals surface area contributed by atoms with Crippen LogP contribution in [0.3, 0.4) is 0 Å². The molecule has 0 heterocycles. The van der Waals surface area contributed by atoms with Gasteiger partial charge in [-0.1, -0.05) is 174 Å². The third-order valence-electron chi connectivity index (χ3n) is 6.83. The van der Waals surface area contributed by atoms with E-state index in [2.05, 4.69) is 13.8 Å². The molecule has 192 valence electrons. The molecule has 0 aromatic carbocycles. The first-order chi connectivity index (χ1) is 15.9. The normalized spacial score (nSPS) is 11.4. The Morgan fingerprint density at radius 3 is 0.656 bits per heavy atom. The summed E-state index contributed by atoms with van der Waals surface area (Å²) in [4.78, 5) is 0. The predicted molar refractivity (Wildman–Crippen MR) is 146 cm³/mol. The maximum atomic E-state index is 5.83. The average Bonchev–Trinajstić information content (AvgIpc) is 2.81. The Morgan fingerprint density at radius 1 is 0.250 bits per heavy atom. The Balaban J connectivity index is 2.98. The first kappa shape index (κ1) is 32.0. The molecule has 0 amide bonds. The zero-order chi connectivity index (χ0) is 23.2. The number of unbranched alkanes of at least 4 members (excludes halogenated alkanes) is 25. The van der Waals surface area contributed by atoms with Crippen LogP contribution in [0.15, 0.2) is 0 Å². The highest BCUT2D eigenvalue weighted by molar-refractivity contribution is 4.51. The molecule has 1 heteroatoms. The number of rotatable bonds is 29. The van der Waals surface area contributed by atoms with Crippen molar-refractivity contribution in [1.29, 1.82) is 0 Å². The molecule has 0 bridgehead atoms. The summed E-state index contributed by atoms with van der Waals surface area (Å²) in [5.41, 5.74) is 0. The van der Waals surface area contributed by atoms with Crippen molar-refractivity contribution >= 4 is 0 Å². The van der Waals surface area contributed by atoms with Crippen LogP contribution in [0.5, 0.6) is 0 Å². The van der Waals surface area contributed by atoms with Crippen LogP contribution >= 0.6 is 0 Å². The van der Waals surface area contributed by atoms with Gasteiger partial charge >= 0.3 is 0 Å². The molecule has 0 saturated carbocycles. The lowest BCUT2D eigenvalue weighted by atomic mass is 10.0. The topological polar surface area (TPSA) is 9.23 Å². The molecule has 0 rings (SSSR count). The van der Waals surface area contributed by atoms with E-state index in [0.29, 0.717) is 0 Å². The van der Waals surface area contributed by atoms with Crippen LogP contribution in [-0.4, -0.2) is 13.2 Å². The van der Waals surface area contributed by atoms with E-state index in [0.717, 1.165) is 26.1 Å². The Labute approximate surface area is 205 Å². The molecule has 0 atom stereocenters. The highest BCUT2D eigenvalue weighted by atomic mass is 16.5. The standard InChI is InChI=1S/C31H62O/c1-3-5-7-9-11-13-15-17-18-19-21-23-25-27-29-31-32-30-28-26-24-22-20-16-14-12-10-8-6-4-2/h1-31H2. The summed E-state index contributed by atoms with van der Waals surface area (Å²) in [5, 5.41) is 0. The summed E-state index contributed by atoms with van der Waals surface area (Å²) in [6, 6.07) is 0. The van der Waals surface area contributed by atoms with Crippen molar-refractivity contribution in [1.82, 2.24) is 0 Å². The minimum Gasteiger partial charge on any atom is -0.381 e. The molecule has 0 aromatic rings. The summed E-state index contributed by atoms with van der Waals surface area (Å²) in [6.07, 6.45) is 37.4. The fourth-order valence-electron chi connectivity index (χ4n) is 4.58. The van der Waals surface area contributed by atoms with Gasteiger partial charge in [0.1, 0.15) is 0 Å². The molecule has 0 unspecified atom stereocenters. The third kappa shape index (κ3) is 30.0. The number of ether oxygens (including phenoxy) is 1. The Bertz CT molecular complexity index is 271. The van der Waals surface area contributed by atoms with Crippen molar-refractivity contribution in [2.45, 2.75) is 173 Å². The summed E-state index contributed by atoms with van der Waals surface area (Å²) >= 11 is 0. The van der Waals surface area contributed by atoms with Gasteiger partial charge in [0.05, 0.1) is 0 Å². The first-order valence-corrected chi connectivity index (χ1v) is 15.1. The Hall–Kier alpha value is -0.0400. The highest BCUT2D eigenvalue weighted by Gasteiger charge is 1.96. The van der Waals surface area contributed by atoms with Gasteiger partial charge in [-0.3, -0.25) is 0 Å². The second-order valence-corrected chi connectivity index (χ2v) is 10.2. The van der Waals surface area contributed by atoms with E-state index in [9.17, 15) is 0 Å². The minimum absolute atomic E-state index is 0.988. The maximum Gasteiger partial charge on any atom is 0.0466 e. The molecule has 32 heavy (non-hydrogen) atoms. The van der Waals surface area contributed by atoms with E-state index < -0.39 is 0 Å². The van der Waals surface area contributed by atoms with Crippen molar-refractivity contribution < 1.29 is 4.74 Å². The average molecular weight is 451 g/mol. The number of hydrogen-bond donors (Lipinski definition) is 0. The van der Waals surface area contributed by atoms with Crippen molar-refractivity contribution in [3.05, 3.63) is 13.8 Å². The number of hydrogen-bond acceptors (Lipinski definition) is 1. The fraction of sp³-hybridized carbons (Fsp3) is 0.935. The molecule has 0 N–H and O–H groups in total. The lowest BCUT2D eigenvalue weighted by molar-refractivity contribution is 0.125. The smallest absolute Gasteiger partial charge is 0.0466 e. The zero-order valence-electron chi connectivity index (χ0n) is 22.3. The lowest BCUT2D eigenvalue weighted by Crippen LogP contribution is -1.97. The Morgan fingerprint density at radius 2 is 0.438 bits per heavy atom. The van der Waals surface area contributed by atoms with E-state index in [1.54, 1.807) is 0 Å². The van der Waals surface area contributed by atoms with Gasteiger partial charge in [0.15, 0.2) is 0 Å². The maximum absolute atomic E-state index is 5.83. The van der Waals surface area contributed by atoms with E-state index in [1.807, 2.05) is 0 Å². The van der Waals surface area contributed by atoms with E-state index in [4.69, 9.17) is 4.74 Å². The van der Waals surface area contributed by atoms with Gasteiger partial charge in [-0.2, -0.15) is 0 Å². The fourth-order valence-corrected chi connectivity index (χ4v) is 4.58. The van der Waals surface area contributed by atoms with Crippen LogP contribution in [0.4, 0.5) is 0 Å². The van der Waals surface area contributed by atoms with Crippen molar-refractivity contribution in [2.75, 3.05) is 13.2 Å². The van der Waals surface area contributed by atoms with Gasteiger partial charge in [-0.25, -0.2) is 0 Å². The van der Waals surface area contributed by atoms with Gasteiger partial charge in [0.2, 0.25) is 0 Å². The highest BCUT2D eigenvalue weighted by Crippen LogP contribution is 2.14.